The molecule has 0 radical (unpaired) electrons. The molecule has 4 nitrogen and oxygen atoms in total. The topological polar surface area (TPSA) is 51.2 Å². The summed E-state index contributed by atoms with van der Waals surface area (Å²) in [5.74, 6) is 0.638. The second-order valence-corrected chi connectivity index (χ2v) is 8.28. The van der Waals surface area contributed by atoms with Gasteiger partial charge in [-0.3, -0.25) is 9.78 Å². The fourth-order valence-corrected chi connectivity index (χ4v) is 3.93. The molecule has 0 saturated heterocycles. The van der Waals surface area contributed by atoms with Crippen LogP contribution in [0.3, 0.4) is 0 Å². The highest BCUT2D eigenvalue weighted by Crippen LogP contribution is 2.28. The molecule has 1 N–H and O–H groups in total. The van der Waals surface area contributed by atoms with Crippen LogP contribution in [-0.2, 0) is 6.42 Å². The summed E-state index contributed by atoms with van der Waals surface area (Å²) in [5.41, 5.74) is 8.42. The van der Waals surface area contributed by atoms with Gasteiger partial charge in [-0.2, -0.15) is 0 Å². The number of hydrogen-bond acceptors (Lipinski definition) is 3. The van der Waals surface area contributed by atoms with E-state index >= 15 is 0 Å². The number of pyridine rings is 1. The fourth-order valence-electron chi connectivity index (χ4n) is 3.93. The second kappa shape index (κ2) is 12.5. The molecule has 2 aromatic carbocycles. The van der Waals surface area contributed by atoms with Crippen LogP contribution in [0.15, 0.2) is 79.2 Å². The van der Waals surface area contributed by atoms with Gasteiger partial charge in [-0.1, -0.05) is 62.4 Å². The smallest absolute Gasteiger partial charge is 0.251 e. The Bertz CT molecular complexity index is 1240. The van der Waals surface area contributed by atoms with Crippen molar-refractivity contribution in [2.75, 3.05) is 13.7 Å². The Hall–Kier alpha value is -3.92. The van der Waals surface area contributed by atoms with E-state index in [0.717, 1.165) is 46.4 Å². The van der Waals surface area contributed by atoms with Crippen LogP contribution >= 0.6 is 0 Å². The first-order valence-corrected chi connectivity index (χ1v) is 12.0. The van der Waals surface area contributed by atoms with E-state index < -0.39 is 0 Å². The Balaban J connectivity index is 1.78. The molecule has 0 atom stereocenters. The molecule has 35 heavy (non-hydrogen) atoms. The first-order valence-electron chi connectivity index (χ1n) is 12.0. The van der Waals surface area contributed by atoms with Crippen molar-refractivity contribution in [2.24, 2.45) is 0 Å². The third kappa shape index (κ3) is 6.57. The molecule has 0 aliphatic carbocycles. The summed E-state index contributed by atoms with van der Waals surface area (Å²) >= 11 is 0. The van der Waals surface area contributed by atoms with Gasteiger partial charge < -0.3 is 10.1 Å². The number of hydrogen-bond donors (Lipinski definition) is 1. The van der Waals surface area contributed by atoms with E-state index in [1.165, 1.54) is 11.1 Å². The number of carbonyl (C=O) groups is 1. The molecular formula is C31H34N2O2. The zero-order valence-corrected chi connectivity index (χ0v) is 21.1. The zero-order chi connectivity index (χ0) is 25.2. The lowest BCUT2D eigenvalue weighted by molar-refractivity contribution is 0.0957. The van der Waals surface area contributed by atoms with E-state index in [1.54, 1.807) is 37.6 Å². The summed E-state index contributed by atoms with van der Waals surface area (Å²) in [6.07, 6.45) is 11.7. The third-order valence-electron chi connectivity index (χ3n) is 6.04. The molecule has 0 fully saturated rings. The van der Waals surface area contributed by atoms with Crippen molar-refractivity contribution in [1.29, 1.82) is 0 Å². The molecule has 0 aliphatic rings. The maximum absolute atomic E-state index is 12.6. The van der Waals surface area contributed by atoms with Crippen LogP contribution < -0.4 is 10.1 Å². The van der Waals surface area contributed by atoms with Gasteiger partial charge in [0.05, 0.1) is 7.11 Å². The van der Waals surface area contributed by atoms with E-state index in [4.69, 9.17) is 4.74 Å². The number of carbonyl (C=O) groups excluding carboxylic acids is 1. The van der Waals surface area contributed by atoms with Crippen molar-refractivity contribution >= 4 is 23.6 Å². The lowest BCUT2D eigenvalue weighted by atomic mass is 9.92. The van der Waals surface area contributed by atoms with Crippen molar-refractivity contribution in [3.8, 4) is 5.75 Å². The van der Waals surface area contributed by atoms with Gasteiger partial charge in [0, 0.05) is 30.1 Å². The van der Waals surface area contributed by atoms with Gasteiger partial charge in [0.15, 0.2) is 0 Å². The number of nitrogens with one attached hydrogen (secondary N) is 1. The van der Waals surface area contributed by atoms with Crippen LogP contribution in [0.2, 0.25) is 0 Å². The van der Waals surface area contributed by atoms with Crippen LogP contribution in [0, 0.1) is 0 Å². The van der Waals surface area contributed by atoms with E-state index in [-0.39, 0.29) is 5.91 Å². The van der Waals surface area contributed by atoms with Crippen molar-refractivity contribution in [2.45, 2.75) is 33.6 Å². The Morgan fingerprint density at radius 3 is 2.46 bits per heavy atom. The molecule has 0 bridgehead atoms. The SMILES string of the molecule is C=C(c1ccc(/C=C(\CC)CNC(=O)c2ccc(OC)cc2)c(CC)c1)c1ccncc1/C=C\C. The minimum absolute atomic E-state index is 0.0938. The first-order chi connectivity index (χ1) is 17.0. The van der Waals surface area contributed by atoms with Crippen molar-refractivity contribution in [3.05, 3.63) is 113 Å². The quantitative estimate of drug-likeness (QED) is 0.351. The highest BCUT2D eigenvalue weighted by Gasteiger charge is 2.10. The molecule has 180 valence electrons. The van der Waals surface area contributed by atoms with Gasteiger partial charge in [-0.25, -0.2) is 0 Å². The highest BCUT2D eigenvalue weighted by molar-refractivity contribution is 5.94. The predicted molar refractivity (Wildman–Crippen MR) is 146 cm³/mol. The number of benzene rings is 2. The summed E-state index contributed by atoms with van der Waals surface area (Å²) in [4.78, 5) is 16.8. The molecule has 0 saturated carbocycles. The molecule has 3 aromatic rings. The monoisotopic (exact) mass is 466 g/mol. The van der Waals surface area contributed by atoms with Gasteiger partial charge in [0.1, 0.15) is 5.75 Å². The van der Waals surface area contributed by atoms with Crippen LogP contribution in [0.25, 0.3) is 17.7 Å². The van der Waals surface area contributed by atoms with Crippen LogP contribution in [0.4, 0.5) is 0 Å². The maximum Gasteiger partial charge on any atom is 0.251 e. The predicted octanol–water partition coefficient (Wildman–Crippen LogP) is 6.97. The molecule has 1 amide bonds. The van der Waals surface area contributed by atoms with Gasteiger partial charge in [-0.15, -0.1) is 0 Å². The second-order valence-electron chi connectivity index (χ2n) is 8.28. The Morgan fingerprint density at radius 2 is 1.80 bits per heavy atom. The number of amides is 1. The van der Waals surface area contributed by atoms with E-state index in [2.05, 4.69) is 61.1 Å². The number of methoxy groups -OCH3 is 1. The number of allylic oxidation sites excluding steroid dienone is 1. The average Bonchev–Trinajstić information content (AvgIpc) is 2.91. The van der Waals surface area contributed by atoms with Crippen LogP contribution in [-0.4, -0.2) is 24.5 Å². The van der Waals surface area contributed by atoms with Crippen molar-refractivity contribution in [1.82, 2.24) is 10.3 Å². The summed E-state index contributed by atoms with van der Waals surface area (Å²) in [5, 5.41) is 3.04. The summed E-state index contributed by atoms with van der Waals surface area (Å²) in [7, 11) is 1.61. The molecule has 0 spiro atoms. The molecule has 0 unspecified atom stereocenters. The molecule has 0 aliphatic heterocycles. The number of nitrogens with zero attached hydrogens (tertiary/aromatic N) is 1. The summed E-state index contributed by atoms with van der Waals surface area (Å²) in [6.45, 7) is 11.2. The van der Waals surface area contributed by atoms with Gasteiger partial charge in [0.25, 0.3) is 5.91 Å². The lowest BCUT2D eigenvalue weighted by Crippen LogP contribution is -2.25. The fraction of sp³-hybridized carbons (Fsp3) is 0.226. The third-order valence-corrected chi connectivity index (χ3v) is 6.04. The van der Waals surface area contributed by atoms with E-state index in [1.807, 2.05) is 25.3 Å². The molecular weight excluding hydrogens is 432 g/mol. The average molecular weight is 467 g/mol. The van der Waals surface area contributed by atoms with E-state index in [0.29, 0.717) is 12.1 Å². The molecule has 1 heterocycles. The molecule has 4 heteroatoms. The number of ether oxygens (including phenoxy) is 1. The van der Waals surface area contributed by atoms with Gasteiger partial charge >= 0.3 is 0 Å². The number of aryl methyl sites for hydroxylation is 1. The minimum Gasteiger partial charge on any atom is -0.497 e. The van der Waals surface area contributed by atoms with Crippen molar-refractivity contribution in [3.63, 3.8) is 0 Å². The van der Waals surface area contributed by atoms with Crippen LogP contribution in [0.1, 0.15) is 65.4 Å². The lowest BCUT2D eigenvalue weighted by Gasteiger charge is -2.14. The first kappa shape index (κ1) is 25.7. The van der Waals surface area contributed by atoms with Gasteiger partial charge in [0.2, 0.25) is 0 Å². The maximum atomic E-state index is 12.6. The summed E-state index contributed by atoms with van der Waals surface area (Å²) < 4.78 is 5.17. The van der Waals surface area contributed by atoms with Gasteiger partial charge in [-0.05, 0) is 77.9 Å². The summed E-state index contributed by atoms with van der Waals surface area (Å²) in [6, 6.07) is 15.6. The molecule has 3 rings (SSSR count). The van der Waals surface area contributed by atoms with Crippen molar-refractivity contribution < 1.29 is 9.53 Å². The Labute approximate surface area is 209 Å². The highest BCUT2D eigenvalue weighted by atomic mass is 16.5. The van der Waals surface area contributed by atoms with E-state index in [9.17, 15) is 4.79 Å². The number of rotatable bonds is 10. The standard InChI is InChI=1S/C31H34N2O2/c1-6-9-28-21-32-17-16-30(28)22(4)26-10-11-27(24(8-3)19-26)18-23(7-2)20-33-31(34)25-12-14-29(35-5)15-13-25/h6,9-19,21H,4,7-8,20H2,1-3,5H3,(H,33,34)/b9-6-,23-18+. The zero-order valence-electron chi connectivity index (χ0n) is 21.1. The Morgan fingerprint density at radius 1 is 1.06 bits per heavy atom. The van der Waals surface area contributed by atoms with Crippen LogP contribution in [0.5, 0.6) is 5.75 Å². The molecule has 1 aromatic heterocycles. The number of aromatic nitrogens is 1. The largest absolute Gasteiger partial charge is 0.497 e. The Kier molecular flexibility index (Phi) is 9.19. The minimum atomic E-state index is -0.0938. The normalized spacial score (nSPS) is 11.5.